The van der Waals surface area contributed by atoms with Gasteiger partial charge >= 0.3 is 6.03 Å². The maximum absolute atomic E-state index is 12.1. The monoisotopic (exact) mass is 302 g/mol. The number of hydrogen-bond donors (Lipinski definition) is 2. The Morgan fingerprint density at radius 1 is 1.32 bits per heavy atom. The predicted octanol–water partition coefficient (Wildman–Crippen LogP) is 4.34. The second-order valence-electron chi connectivity index (χ2n) is 6.33. The number of carbonyl (C=O) groups is 1. The molecule has 22 heavy (non-hydrogen) atoms. The second-order valence-corrected chi connectivity index (χ2v) is 6.33. The Morgan fingerprint density at radius 2 is 2.05 bits per heavy atom. The average Bonchev–Trinajstić information content (AvgIpc) is 2.48. The molecular weight excluding hydrogens is 276 g/mol. The number of carbonyl (C=O) groups excluding carboxylic acids is 1. The first-order chi connectivity index (χ1) is 10.5. The molecule has 0 atom stereocenters. The highest BCUT2D eigenvalue weighted by atomic mass is 16.5. The molecule has 1 fully saturated rings. The molecule has 0 saturated heterocycles. The van der Waals surface area contributed by atoms with Gasteiger partial charge in [-0.05, 0) is 56.2 Å². The van der Waals surface area contributed by atoms with Gasteiger partial charge in [0.05, 0.1) is 0 Å². The third-order valence-corrected chi connectivity index (χ3v) is 3.93. The molecule has 0 unspecified atom stereocenters. The number of amides is 2. The highest BCUT2D eigenvalue weighted by molar-refractivity contribution is 5.89. The van der Waals surface area contributed by atoms with Crippen molar-refractivity contribution in [1.82, 2.24) is 5.32 Å². The van der Waals surface area contributed by atoms with E-state index in [4.69, 9.17) is 4.74 Å². The fraction of sp³-hybridized carbons (Fsp3) is 0.500. The van der Waals surface area contributed by atoms with Gasteiger partial charge in [0.2, 0.25) is 0 Å². The summed E-state index contributed by atoms with van der Waals surface area (Å²) < 4.78 is 5.58. The van der Waals surface area contributed by atoms with Gasteiger partial charge in [-0.1, -0.05) is 19.6 Å². The summed E-state index contributed by atoms with van der Waals surface area (Å²) >= 11 is 0. The number of anilines is 1. The van der Waals surface area contributed by atoms with E-state index in [1.54, 1.807) is 0 Å². The van der Waals surface area contributed by atoms with Gasteiger partial charge in [-0.15, -0.1) is 0 Å². The molecule has 1 aliphatic rings. The molecule has 1 aromatic rings. The molecule has 4 nitrogen and oxygen atoms in total. The maximum atomic E-state index is 12.1. The van der Waals surface area contributed by atoms with E-state index >= 15 is 0 Å². The molecule has 0 radical (unpaired) electrons. The van der Waals surface area contributed by atoms with E-state index in [1.165, 1.54) is 12.8 Å². The Labute approximate surface area is 132 Å². The van der Waals surface area contributed by atoms with Crippen molar-refractivity contribution >= 4 is 11.7 Å². The van der Waals surface area contributed by atoms with Crippen molar-refractivity contribution < 1.29 is 9.53 Å². The van der Waals surface area contributed by atoms with Gasteiger partial charge in [0.1, 0.15) is 12.4 Å². The van der Waals surface area contributed by atoms with Crippen molar-refractivity contribution in [3.8, 4) is 5.75 Å². The van der Waals surface area contributed by atoms with Crippen LogP contribution in [0.3, 0.4) is 0 Å². The van der Waals surface area contributed by atoms with E-state index in [2.05, 4.69) is 24.1 Å². The molecule has 0 heterocycles. The second kappa shape index (κ2) is 7.87. The number of nitrogens with one attached hydrogen (secondary N) is 2. The minimum absolute atomic E-state index is 0.142. The summed E-state index contributed by atoms with van der Waals surface area (Å²) in [6.07, 6.45) is 4.51. The molecule has 1 aromatic carbocycles. The van der Waals surface area contributed by atoms with E-state index in [1.807, 2.05) is 31.2 Å². The zero-order valence-electron chi connectivity index (χ0n) is 13.5. The van der Waals surface area contributed by atoms with E-state index in [0.717, 1.165) is 35.8 Å². The molecule has 0 aromatic heterocycles. The van der Waals surface area contributed by atoms with Crippen LogP contribution in [0, 0.1) is 5.92 Å². The van der Waals surface area contributed by atoms with Crippen LogP contribution >= 0.6 is 0 Å². The largest absolute Gasteiger partial charge is 0.489 e. The van der Waals surface area contributed by atoms with Crippen LogP contribution in [0.4, 0.5) is 10.5 Å². The van der Waals surface area contributed by atoms with Gasteiger partial charge in [-0.3, -0.25) is 0 Å². The molecule has 2 N–H and O–H groups in total. The van der Waals surface area contributed by atoms with Gasteiger partial charge in [-0.2, -0.15) is 0 Å². The van der Waals surface area contributed by atoms with Crippen molar-refractivity contribution in [3.63, 3.8) is 0 Å². The van der Waals surface area contributed by atoms with E-state index < -0.39 is 0 Å². The van der Waals surface area contributed by atoms with Gasteiger partial charge < -0.3 is 15.4 Å². The summed E-state index contributed by atoms with van der Waals surface area (Å²) in [6, 6.07) is 7.57. The number of urea groups is 1. The van der Waals surface area contributed by atoms with Crippen LogP contribution in [0.15, 0.2) is 36.4 Å². The van der Waals surface area contributed by atoms with Crippen LogP contribution < -0.4 is 15.4 Å². The van der Waals surface area contributed by atoms with Crippen LogP contribution in [-0.4, -0.2) is 18.7 Å². The third-order valence-electron chi connectivity index (χ3n) is 3.93. The van der Waals surface area contributed by atoms with E-state index in [0.29, 0.717) is 12.6 Å². The first kappa shape index (κ1) is 16.4. The first-order valence-electron chi connectivity index (χ1n) is 7.97. The van der Waals surface area contributed by atoms with Crippen molar-refractivity contribution in [2.75, 3.05) is 11.9 Å². The standard InChI is InChI=1S/C18H26N2O2/c1-13(2)12-22-17-6-4-5-16(11-17)20-18(21)19-15-9-7-14(3)8-10-15/h4-6,11,14-15H,1,7-10,12H2,2-3H3,(H2,19,20,21). The lowest BCUT2D eigenvalue weighted by molar-refractivity contribution is 0.239. The molecule has 2 amide bonds. The van der Waals surface area contributed by atoms with Crippen LogP contribution in [0.25, 0.3) is 0 Å². The van der Waals surface area contributed by atoms with Crippen LogP contribution in [0.1, 0.15) is 39.5 Å². The van der Waals surface area contributed by atoms with Crippen molar-refractivity contribution in [2.24, 2.45) is 5.92 Å². The molecule has 1 aliphatic carbocycles. The Kier molecular flexibility index (Phi) is 5.87. The Hall–Kier alpha value is -1.97. The number of rotatable bonds is 5. The smallest absolute Gasteiger partial charge is 0.319 e. The Morgan fingerprint density at radius 3 is 2.73 bits per heavy atom. The highest BCUT2D eigenvalue weighted by Crippen LogP contribution is 2.23. The zero-order chi connectivity index (χ0) is 15.9. The fourth-order valence-electron chi connectivity index (χ4n) is 2.63. The van der Waals surface area contributed by atoms with Gasteiger partial charge in [0.15, 0.2) is 0 Å². The maximum Gasteiger partial charge on any atom is 0.319 e. The van der Waals surface area contributed by atoms with Gasteiger partial charge in [-0.25, -0.2) is 4.79 Å². The number of ether oxygens (including phenoxy) is 1. The molecular formula is C18H26N2O2. The molecule has 2 rings (SSSR count). The zero-order valence-corrected chi connectivity index (χ0v) is 13.5. The fourth-order valence-corrected chi connectivity index (χ4v) is 2.63. The van der Waals surface area contributed by atoms with E-state index in [-0.39, 0.29) is 6.03 Å². The lowest BCUT2D eigenvalue weighted by Crippen LogP contribution is -2.39. The predicted molar refractivity (Wildman–Crippen MR) is 90.3 cm³/mol. The summed E-state index contributed by atoms with van der Waals surface area (Å²) in [5, 5.41) is 5.93. The Bertz CT molecular complexity index is 520. The molecule has 0 bridgehead atoms. The first-order valence-corrected chi connectivity index (χ1v) is 7.97. The number of benzene rings is 1. The van der Waals surface area contributed by atoms with Crippen LogP contribution in [-0.2, 0) is 0 Å². The van der Waals surface area contributed by atoms with Crippen LogP contribution in [0.2, 0.25) is 0 Å². The summed E-state index contributed by atoms with van der Waals surface area (Å²) in [6.45, 7) is 8.48. The summed E-state index contributed by atoms with van der Waals surface area (Å²) in [4.78, 5) is 12.1. The third kappa shape index (κ3) is 5.43. The minimum Gasteiger partial charge on any atom is -0.489 e. The molecule has 4 heteroatoms. The molecule has 0 aliphatic heterocycles. The molecule has 1 saturated carbocycles. The van der Waals surface area contributed by atoms with Crippen LogP contribution in [0.5, 0.6) is 5.75 Å². The van der Waals surface area contributed by atoms with Gasteiger partial charge in [0.25, 0.3) is 0 Å². The SMILES string of the molecule is C=C(C)COc1cccc(NC(=O)NC2CCC(C)CC2)c1. The normalized spacial score (nSPS) is 21.0. The molecule has 0 spiro atoms. The summed E-state index contributed by atoms with van der Waals surface area (Å²) in [7, 11) is 0. The minimum atomic E-state index is -0.142. The Balaban J connectivity index is 1.83. The van der Waals surface area contributed by atoms with E-state index in [9.17, 15) is 4.79 Å². The van der Waals surface area contributed by atoms with Crippen molar-refractivity contribution in [2.45, 2.75) is 45.6 Å². The highest BCUT2D eigenvalue weighted by Gasteiger charge is 2.19. The summed E-state index contributed by atoms with van der Waals surface area (Å²) in [5.74, 6) is 1.51. The van der Waals surface area contributed by atoms with Gasteiger partial charge in [0, 0.05) is 17.8 Å². The topological polar surface area (TPSA) is 50.4 Å². The average molecular weight is 302 g/mol. The lowest BCUT2D eigenvalue weighted by Gasteiger charge is -2.26. The summed E-state index contributed by atoms with van der Waals surface area (Å²) in [5.41, 5.74) is 1.70. The molecule has 120 valence electrons. The lowest BCUT2D eigenvalue weighted by atomic mass is 9.87. The van der Waals surface area contributed by atoms with Crippen molar-refractivity contribution in [1.29, 1.82) is 0 Å². The van der Waals surface area contributed by atoms with Crippen molar-refractivity contribution in [3.05, 3.63) is 36.4 Å². The quantitative estimate of drug-likeness (QED) is 0.795. The number of hydrogen-bond acceptors (Lipinski definition) is 2.